The number of aryl methyl sites for hydroxylation is 1. The Morgan fingerprint density at radius 2 is 1.81 bits per heavy atom. The first-order valence-electron chi connectivity index (χ1n) is 8.99. The molecule has 0 aliphatic heterocycles. The Balaban J connectivity index is 1.90. The highest BCUT2D eigenvalue weighted by Gasteiger charge is 2.17. The summed E-state index contributed by atoms with van der Waals surface area (Å²) < 4.78 is 5.94. The molecular formula is C21H27N3O3. The monoisotopic (exact) mass is 369 g/mol. The normalized spacial score (nSPS) is 11.7. The third-order valence-corrected chi connectivity index (χ3v) is 4.11. The molecule has 6 heteroatoms. The van der Waals surface area contributed by atoms with Gasteiger partial charge in [-0.25, -0.2) is 0 Å². The fourth-order valence-corrected chi connectivity index (χ4v) is 2.40. The van der Waals surface area contributed by atoms with Crippen molar-refractivity contribution in [2.45, 2.75) is 33.4 Å². The zero-order valence-electron chi connectivity index (χ0n) is 16.0. The minimum atomic E-state index is -0.624. The van der Waals surface area contributed by atoms with Crippen molar-refractivity contribution in [1.82, 2.24) is 10.6 Å². The number of hydrogen-bond acceptors (Lipinski definition) is 4. The molecule has 2 rings (SSSR count). The van der Waals surface area contributed by atoms with E-state index in [1.54, 1.807) is 0 Å². The largest absolute Gasteiger partial charge is 0.457 e. The fraction of sp³-hybridized carbons (Fsp3) is 0.333. The van der Waals surface area contributed by atoms with E-state index < -0.39 is 6.04 Å². The summed E-state index contributed by atoms with van der Waals surface area (Å²) in [7, 11) is 0. The van der Waals surface area contributed by atoms with E-state index in [4.69, 9.17) is 10.5 Å². The van der Waals surface area contributed by atoms with Gasteiger partial charge in [0.15, 0.2) is 0 Å². The second-order valence-corrected chi connectivity index (χ2v) is 6.79. The molecule has 2 aromatic carbocycles. The van der Waals surface area contributed by atoms with E-state index in [1.807, 2.05) is 69.3 Å². The molecule has 2 aromatic rings. The Morgan fingerprint density at radius 3 is 2.52 bits per heavy atom. The number of amides is 2. The van der Waals surface area contributed by atoms with Crippen molar-refractivity contribution in [3.63, 3.8) is 0 Å². The van der Waals surface area contributed by atoms with Crippen LogP contribution in [0.4, 0.5) is 0 Å². The van der Waals surface area contributed by atoms with Crippen LogP contribution in [0.5, 0.6) is 11.5 Å². The highest BCUT2D eigenvalue weighted by atomic mass is 16.5. The average Bonchev–Trinajstić information content (AvgIpc) is 2.64. The summed E-state index contributed by atoms with van der Waals surface area (Å²) in [6.07, 6.45) is 0. The molecule has 0 aliphatic carbocycles. The van der Waals surface area contributed by atoms with Crippen LogP contribution in [0.1, 0.15) is 25.0 Å². The molecule has 0 heterocycles. The number of nitrogens with one attached hydrogen (secondary N) is 2. The molecule has 2 amide bonds. The smallest absolute Gasteiger partial charge is 0.239 e. The second-order valence-electron chi connectivity index (χ2n) is 6.79. The molecule has 0 saturated heterocycles. The highest BCUT2D eigenvalue weighted by molar-refractivity contribution is 5.87. The Morgan fingerprint density at radius 1 is 1.07 bits per heavy atom. The summed E-state index contributed by atoms with van der Waals surface area (Å²) in [6, 6.07) is 14.6. The van der Waals surface area contributed by atoms with Gasteiger partial charge in [0.2, 0.25) is 11.8 Å². The topological polar surface area (TPSA) is 93.5 Å². The van der Waals surface area contributed by atoms with Crippen molar-refractivity contribution < 1.29 is 14.3 Å². The Hall–Kier alpha value is -2.86. The van der Waals surface area contributed by atoms with Gasteiger partial charge in [-0.15, -0.1) is 0 Å². The van der Waals surface area contributed by atoms with Gasteiger partial charge in [-0.2, -0.15) is 0 Å². The minimum absolute atomic E-state index is 0.0127. The van der Waals surface area contributed by atoms with E-state index in [-0.39, 0.29) is 24.3 Å². The van der Waals surface area contributed by atoms with Crippen molar-refractivity contribution in [3.05, 3.63) is 59.7 Å². The van der Waals surface area contributed by atoms with Crippen LogP contribution in [0.15, 0.2) is 48.5 Å². The standard InChI is InChI=1S/C21H27N3O3/c1-14(2)20(22)21(26)24-13-19(25)23-12-16-8-4-5-10-18(16)27-17-9-6-7-15(3)11-17/h4-11,14,20H,12-13,22H2,1-3H3,(H,23,25)(H,24,26)/t20-/m0/s1. The quantitative estimate of drug-likeness (QED) is 0.666. The van der Waals surface area contributed by atoms with Crippen molar-refractivity contribution >= 4 is 11.8 Å². The lowest BCUT2D eigenvalue weighted by molar-refractivity contribution is -0.127. The van der Waals surface area contributed by atoms with Gasteiger partial charge in [0.25, 0.3) is 0 Å². The van der Waals surface area contributed by atoms with E-state index in [0.717, 1.165) is 16.9 Å². The Kier molecular flexibility index (Phi) is 7.37. The molecule has 0 saturated carbocycles. The molecule has 0 aliphatic rings. The summed E-state index contributed by atoms with van der Waals surface area (Å²) in [6.45, 7) is 5.90. The maximum atomic E-state index is 12.0. The third-order valence-electron chi connectivity index (χ3n) is 4.11. The Bertz CT molecular complexity index is 790. The summed E-state index contributed by atoms with van der Waals surface area (Å²) >= 11 is 0. The molecule has 0 aromatic heterocycles. The maximum absolute atomic E-state index is 12.0. The van der Waals surface area contributed by atoms with Crippen LogP contribution < -0.4 is 21.1 Å². The Labute approximate surface area is 160 Å². The molecule has 4 N–H and O–H groups in total. The number of nitrogens with two attached hydrogens (primary N) is 1. The molecule has 1 atom stereocenters. The van der Waals surface area contributed by atoms with Gasteiger partial charge in [-0.3, -0.25) is 9.59 Å². The molecule has 0 radical (unpaired) electrons. The second kappa shape index (κ2) is 9.73. The third kappa shape index (κ3) is 6.42. The molecule has 0 fully saturated rings. The molecule has 27 heavy (non-hydrogen) atoms. The molecule has 6 nitrogen and oxygen atoms in total. The molecule has 0 unspecified atom stereocenters. The number of carbonyl (C=O) groups excluding carboxylic acids is 2. The summed E-state index contributed by atoms with van der Waals surface area (Å²) in [4.78, 5) is 23.8. The van der Waals surface area contributed by atoms with E-state index >= 15 is 0 Å². The van der Waals surface area contributed by atoms with Crippen LogP contribution in [0, 0.1) is 12.8 Å². The fourth-order valence-electron chi connectivity index (χ4n) is 2.40. The number of hydrogen-bond donors (Lipinski definition) is 3. The maximum Gasteiger partial charge on any atom is 0.239 e. The van der Waals surface area contributed by atoms with Gasteiger partial charge < -0.3 is 21.1 Å². The molecule has 0 spiro atoms. The number of para-hydroxylation sites is 1. The SMILES string of the molecule is Cc1cccc(Oc2ccccc2CNC(=O)CNC(=O)[C@@H](N)C(C)C)c1. The van der Waals surface area contributed by atoms with Gasteiger partial charge in [-0.1, -0.05) is 44.2 Å². The van der Waals surface area contributed by atoms with Crippen LogP contribution in [0.2, 0.25) is 0 Å². The predicted molar refractivity (Wildman–Crippen MR) is 105 cm³/mol. The van der Waals surface area contributed by atoms with Gasteiger partial charge in [0.05, 0.1) is 12.6 Å². The van der Waals surface area contributed by atoms with Crippen LogP contribution in [0.3, 0.4) is 0 Å². The van der Waals surface area contributed by atoms with Crippen LogP contribution in [-0.4, -0.2) is 24.4 Å². The first-order valence-corrected chi connectivity index (χ1v) is 8.99. The number of benzene rings is 2. The summed E-state index contributed by atoms with van der Waals surface area (Å²) in [5.41, 5.74) is 7.70. The van der Waals surface area contributed by atoms with Gasteiger partial charge in [0.1, 0.15) is 11.5 Å². The van der Waals surface area contributed by atoms with Crippen LogP contribution in [0.25, 0.3) is 0 Å². The van der Waals surface area contributed by atoms with Gasteiger partial charge in [0, 0.05) is 12.1 Å². The van der Waals surface area contributed by atoms with Crippen LogP contribution >= 0.6 is 0 Å². The predicted octanol–water partition coefficient (Wildman–Crippen LogP) is 2.50. The minimum Gasteiger partial charge on any atom is -0.457 e. The number of rotatable bonds is 8. The van der Waals surface area contributed by atoms with Crippen molar-refractivity contribution in [2.24, 2.45) is 11.7 Å². The van der Waals surface area contributed by atoms with E-state index in [9.17, 15) is 9.59 Å². The lowest BCUT2D eigenvalue weighted by Gasteiger charge is -2.15. The van der Waals surface area contributed by atoms with E-state index in [0.29, 0.717) is 12.3 Å². The van der Waals surface area contributed by atoms with Crippen molar-refractivity contribution in [3.8, 4) is 11.5 Å². The highest BCUT2D eigenvalue weighted by Crippen LogP contribution is 2.25. The summed E-state index contributed by atoms with van der Waals surface area (Å²) in [5, 5.41) is 5.34. The van der Waals surface area contributed by atoms with Crippen molar-refractivity contribution in [2.75, 3.05) is 6.54 Å². The van der Waals surface area contributed by atoms with Crippen LogP contribution in [-0.2, 0) is 16.1 Å². The lowest BCUT2D eigenvalue weighted by atomic mass is 10.1. The van der Waals surface area contributed by atoms with E-state index in [2.05, 4.69) is 10.6 Å². The average molecular weight is 369 g/mol. The molecular weight excluding hydrogens is 342 g/mol. The first-order chi connectivity index (χ1) is 12.9. The number of carbonyl (C=O) groups is 2. The number of ether oxygens (including phenoxy) is 1. The van der Waals surface area contributed by atoms with E-state index in [1.165, 1.54) is 0 Å². The molecule has 0 bridgehead atoms. The summed E-state index contributed by atoms with van der Waals surface area (Å²) in [5.74, 6) is 0.810. The zero-order chi connectivity index (χ0) is 19.8. The first kappa shape index (κ1) is 20.5. The van der Waals surface area contributed by atoms with Crippen molar-refractivity contribution in [1.29, 1.82) is 0 Å². The van der Waals surface area contributed by atoms with Gasteiger partial charge >= 0.3 is 0 Å². The lowest BCUT2D eigenvalue weighted by Crippen LogP contribution is -2.47. The van der Waals surface area contributed by atoms with Gasteiger partial charge in [-0.05, 0) is 36.6 Å². The molecule has 144 valence electrons. The zero-order valence-corrected chi connectivity index (χ0v) is 16.0.